The summed E-state index contributed by atoms with van der Waals surface area (Å²) in [5.74, 6) is 7.05. The van der Waals surface area contributed by atoms with Crippen LogP contribution in [-0.4, -0.2) is 64.7 Å². The fourth-order valence-corrected chi connectivity index (χ4v) is 5.85. The summed E-state index contributed by atoms with van der Waals surface area (Å²) in [6, 6.07) is 34.3. The number of ether oxygens (including phenoxy) is 4. The first-order valence-electron chi connectivity index (χ1n) is 16.8. The maximum Gasteiger partial charge on any atom is 0.410 e. The van der Waals surface area contributed by atoms with Crippen LogP contribution < -0.4 is 9.47 Å². The van der Waals surface area contributed by atoms with Crippen LogP contribution in [0.4, 0.5) is 4.79 Å². The molecule has 4 aromatic carbocycles. The van der Waals surface area contributed by atoms with Crippen molar-refractivity contribution < 1.29 is 28.5 Å². The van der Waals surface area contributed by atoms with E-state index in [0.717, 1.165) is 27.8 Å². The number of carbonyl (C=O) groups excluding carboxylic acids is 2. The highest BCUT2D eigenvalue weighted by Gasteiger charge is 2.35. The van der Waals surface area contributed by atoms with Gasteiger partial charge in [-0.25, -0.2) is 9.78 Å². The Balaban J connectivity index is 1.05. The van der Waals surface area contributed by atoms with Crippen LogP contribution in [0.2, 0.25) is 0 Å². The molecule has 1 aromatic heterocycles. The van der Waals surface area contributed by atoms with Crippen molar-refractivity contribution in [3.63, 3.8) is 0 Å². The lowest BCUT2D eigenvalue weighted by Gasteiger charge is -2.26. The maximum absolute atomic E-state index is 13.1. The number of nitrogens with zero attached hydrogens (tertiary/aromatic N) is 4. The Hall–Kier alpha value is -6.18. The van der Waals surface area contributed by atoms with Gasteiger partial charge in [0.1, 0.15) is 31.8 Å². The molecule has 2 saturated heterocycles. The fraction of sp³-hybridized carbons (Fsp3) is 0.220. The topological polar surface area (TPSA) is 103 Å². The predicted molar refractivity (Wildman–Crippen MR) is 189 cm³/mol. The number of benzene rings is 4. The van der Waals surface area contributed by atoms with E-state index in [1.807, 2.05) is 109 Å². The van der Waals surface area contributed by atoms with Crippen LogP contribution in [-0.2, 0) is 29.2 Å². The van der Waals surface area contributed by atoms with Crippen molar-refractivity contribution in [2.24, 2.45) is 0 Å². The summed E-state index contributed by atoms with van der Waals surface area (Å²) in [6.45, 7) is 3.23. The SMILES string of the molecule is O=C(c1ccc(C#Cc2ccc(C3COC(=O)N3Cc3ncnc(OCc4ccccc4)c3OCc3ccccc3)cc2)cc1)N1CCOCC1. The quantitative estimate of drug-likeness (QED) is 0.161. The van der Waals surface area contributed by atoms with Crippen molar-refractivity contribution >= 4 is 12.0 Å². The van der Waals surface area contributed by atoms with E-state index >= 15 is 0 Å². The summed E-state index contributed by atoms with van der Waals surface area (Å²) in [7, 11) is 0. The van der Waals surface area contributed by atoms with Gasteiger partial charge in [-0.1, -0.05) is 84.6 Å². The molecule has 10 heteroatoms. The summed E-state index contributed by atoms with van der Waals surface area (Å²) >= 11 is 0. The molecule has 0 saturated carbocycles. The third kappa shape index (κ3) is 8.35. The van der Waals surface area contributed by atoms with E-state index in [2.05, 4.69) is 21.8 Å². The number of hydrogen-bond donors (Lipinski definition) is 0. The summed E-state index contributed by atoms with van der Waals surface area (Å²) in [5, 5.41) is 0. The number of morpholine rings is 1. The first-order chi connectivity index (χ1) is 25.1. The minimum absolute atomic E-state index is 0.00398. The molecule has 51 heavy (non-hydrogen) atoms. The molecule has 2 amide bonds. The molecule has 0 bridgehead atoms. The standard InChI is InChI=1S/C41H36N4O6/c46-40(44-21-23-48-24-22-44)35-19-15-31(16-20-35)12-11-30-13-17-34(18-14-30)37-28-51-41(47)45(37)25-36-38(49-26-32-7-3-1-4-8-32)39(43-29-42-36)50-27-33-9-5-2-6-10-33/h1-10,13-20,29,37H,21-28H2. The van der Waals surface area contributed by atoms with Gasteiger partial charge in [0.25, 0.3) is 11.8 Å². The van der Waals surface area contributed by atoms with E-state index in [-0.39, 0.29) is 31.7 Å². The van der Waals surface area contributed by atoms with Crippen molar-refractivity contribution in [2.75, 3.05) is 32.9 Å². The molecular formula is C41H36N4O6. The van der Waals surface area contributed by atoms with Gasteiger partial charge in [0, 0.05) is 29.8 Å². The largest absolute Gasteiger partial charge is 0.482 e. The smallest absolute Gasteiger partial charge is 0.410 e. The Labute approximate surface area is 296 Å². The molecule has 0 aliphatic carbocycles. The van der Waals surface area contributed by atoms with Gasteiger partial charge in [0.15, 0.2) is 0 Å². The molecule has 10 nitrogen and oxygen atoms in total. The van der Waals surface area contributed by atoms with E-state index in [1.54, 1.807) is 9.80 Å². The molecule has 0 N–H and O–H groups in total. The van der Waals surface area contributed by atoms with Gasteiger partial charge in [-0.05, 0) is 53.1 Å². The minimum atomic E-state index is -0.446. The van der Waals surface area contributed by atoms with Crippen LogP contribution in [0.15, 0.2) is 116 Å². The Kier molecular flexibility index (Phi) is 10.5. The van der Waals surface area contributed by atoms with Gasteiger partial charge in [0.05, 0.1) is 25.8 Å². The van der Waals surface area contributed by atoms with Crippen LogP contribution >= 0.6 is 0 Å². The number of aromatic nitrogens is 2. The molecule has 256 valence electrons. The second-order valence-corrected chi connectivity index (χ2v) is 12.1. The van der Waals surface area contributed by atoms with Crippen molar-refractivity contribution in [3.05, 3.63) is 155 Å². The second kappa shape index (κ2) is 16.0. The first-order valence-corrected chi connectivity index (χ1v) is 16.8. The van der Waals surface area contributed by atoms with Crippen molar-refractivity contribution in [2.45, 2.75) is 25.8 Å². The van der Waals surface area contributed by atoms with Gasteiger partial charge in [-0.2, -0.15) is 4.98 Å². The Morgan fingerprint density at radius 1 is 0.765 bits per heavy atom. The average molecular weight is 681 g/mol. The average Bonchev–Trinajstić information content (AvgIpc) is 3.56. The summed E-state index contributed by atoms with van der Waals surface area (Å²) in [6.07, 6.45) is 0.976. The Bertz CT molecular complexity index is 2010. The van der Waals surface area contributed by atoms with Crippen LogP contribution in [0, 0.1) is 11.8 Å². The summed E-state index contributed by atoms with van der Waals surface area (Å²) < 4.78 is 23.3. The van der Waals surface area contributed by atoms with Gasteiger partial charge in [0.2, 0.25) is 5.75 Å². The van der Waals surface area contributed by atoms with Crippen LogP contribution in [0.1, 0.15) is 49.9 Å². The lowest BCUT2D eigenvalue weighted by atomic mass is 10.0. The number of amides is 2. The fourth-order valence-electron chi connectivity index (χ4n) is 5.85. The van der Waals surface area contributed by atoms with Crippen molar-refractivity contribution in [1.82, 2.24) is 19.8 Å². The van der Waals surface area contributed by atoms with Crippen LogP contribution in [0.25, 0.3) is 0 Å². The molecular weight excluding hydrogens is 644 g/mol. The van der Waals surface area contributed by atoms with Gasteiger partial charge < -0.3 is 23.8 Å². The molecule has 3 heterocycles. The van der Waals surface area contributed by atoms with Gasteiger partial charge in [-0.3, -0.25) is 9.69 Å². The van der Waals surface area contributed by atoms with Gasteiger partial charge >= 0.3 is 6.09 Å². The second-order valence-electron chi connectivity index (χ2n) is 12.1. The summed E-state index contributed by atoms with van der Waals surface area (Å²) in [5.41, 5.74) is 5.62. The highest BCUT2D eigenvalue weighted by molar-refractivity contribution is 5.94. The Morgan fingerprint density at radius 2 is 1.37 bits per heavy atom. The maximum atomic E-state index is 13.1. The molecule has 2 fully saturated rings. The number of carbonyl (C=O) groups is 2. The van der Waals surface area contributed by atoms with Crippen molar-refractivity contribution in [3.8, 4) is 23.5 Å². The third-order valence-electron chi connectivity index (χ3n) is 8.66. The molecule has 1 unspecified atom stereocenters. The highest BCUT2D eigenvalue weighted by Crippen LogP contribution is 2.34. The zero-order valence-electron chi connectivity index (χ0n) is 27.9. The van der Waals surface area contributed by atoms with E-state index in [9.17, 15) is 9.59 Å². The third-order valence-corrected chi connectivity index (χ3v) is 8.66. The lowest BCUT2D eigenvalue weighted by Crippen LogP contribution is -2.40. The molecule has 2 aliphatic rings. The summed E-state index contributed by atoms with van der Waals surface area (Å²) in [4.78, 5) is 38.2. The van der Waals surface area contributed by atoms with Crippen LogP contribution in [0.5, 0.6) is 11.6 Å². The number of hydrogen-bond acceptors (Lipinski definition) is 8. The highest BCUT2D eigenvalue weighted by atomic mass is 16.6. The predicted octanol–water partition coefficient (Wildman–Crippen LogP) is 6.20. The van der Waals surface area contributed by atoms with Crippen molar-refractivity contribution in [1.29, 1.82) is 0 Å². The zero-order valence-corrected chi connectivity index (χ0v) is 27.9. The van der Waals surface area contributed by atoms with E-state index in [4.69, 9.17) is 18.9 Å². The zero-order chi connectivity index (χ0) is 34.8. The first kappa shape index (κ1) is 33.3. The van der Waals surface area contributed by atoms with E-state index in [1.165, 1.54) is 6.33 Å². The number of cyclic esters (lactones) is 1. The van der Waals surface area contributed by atoms with Gasteiger partial charge in [-0.15, -0.1) is 0 Å². The molecule has 2 aliphatic heterocycles. The molecule has 7 rings (SSSR count). The minimum Gasteiger partial charge on any atom is -0.482 e. The van der Waals surface area contributed by atoms with E-state index < -0.39 is 6.09 Å². The monoisotopic (exact) mass is 680 g/mol. The lowest BCUT2D eigenvalue weighted by molar-refractivity contribution is 0.0303. The normalized spacial score (nSPS) is 15.5. The molecule has 1 atom stereocenters. The van der Waals surface area contributed by atoms with Crippen LogP contribution in [0.3, 0.4) is 0 Å². The molecule has 0 radical (unpaired) electrons. The molecule has 0 spiro atoms. The Morgan fingerprint density at radius 3 is 2.02 bits per heavy atom. The number of rotatable bonds is 10. The van der Waals surface area contributed by atoms with E-state index in [0.29, 0.717) is 55.8 Å². The molecule has 5 aromatic rings.